The normalized spacial score (nSPS) is 27.2. The van der Waals surface area contributed by atoms with Crippen LogP contribution in [0.3, 0.4) is 0 Å². The van der Waals surface area contributed by atoms with E-state index in [2.05, 4.69) is 10.1 Å². The topological polar surface area (TPSA) is 55.4 Å². The van der Waals surface area contributed by atoms with Gasteiger partial charge in [0.25, 0.3) is 0 Å². The van der Waals surface area contributed by atoms with Crippen LogP contribution in [-0.2, 0) is 14.3 Å². The molecule has 12 heavy (non-hydrogen) atoms. The predicted molar refractivity (Wildman–Crippen MR) is 42.6 cm³/mol. The van der Waals surface area contributed by atoms with Crippen molar-refractivity contribution in [3.8, 4) is 0 Å². The third-order valence-electron chi connectivity index (χ3n) is 2.34. The zero-order valence-electron chi connectivity index (χ0n) is 7.51. The van der Waals surface area contributed by atoms with E-state index in [1.54, 1.807) is 13.8 Å². The van der Waals surface area contributed by atoms with Crippen molar-refractivity contribution in [2.75, 3.05) is 13.7 Å². The van der Waals surface area contributed by atoms with Gasteiger partial charge in [-0.05, 0) is 0 Å². The Morgan fingerprint density at radius 3 is 2.58 bits per heavy atom. The van der Waals surface area contributed by atoms with E-state index >= 15 is 0 Å². The minimum atomic E-state index is -0.632. The number of hydrogen-bond donors (Lipinski definition) is 1. The van der Waals surface area contributed by atoms with E-state index < -0.39 is 11.5 Å². The summed E-state index contributed by atoms with van der Waals surface area (Å²) in [4.78, 5) is 22.4. The van der Waals surface area contributed by atoms with Gasteiger partial charge in [0.05, 0.1) is 19.1 Å². The molecule has 1 heterocycles. The fourth-order valence-corrected chi connectivity index (χ4v) is 1.33. The van der Waals surface area contributed by atoms with Crippen molar-refractivity contribution in [1.29, 1.82) is 0 Å². The van der Waals surface area contributed by atoms with Gasteiger partial charge in [0.15, 0.2) is 5.78 Å². The molecule has 1 unspecified atom stereocenters. The number of carbonyl (C=O) groups is 2. The van der Waals surface area contributed by atoms with E-state index in [-0.39, 0.29) is 18.3 Å². The number of hydrogen-bond acceptors (Lipinski definition) is 4. The van der Waals surface area contributed by atoms with Gasteiger partial charge in [-0.25, -0.2) is 0 Å². The van der Waals surface area contributed by atoms with Crippen LogP contribution in [0.1, 0.15) is 13.8 Å². The van der Waals surface area contributed by atoms with Gasteiger partial charge in [-0.2, -0.15) is 0 Å². The fraction of sp³-hybridized carbons (Fsp3) is 0.750. The van der Waals surface area contributed by atoms with Crippen LogP contribution in [0.2, 0.25) is 0 Å². The van der Waals surface area contributed by atoms with Crippen LogP contribution in [0.5, 0.6) is 0 Å². The summed E-state index contributed by atoms with van der Waals surface area (Å²) in [7, 11) is 1.32. The molecule has 0 bridgehead atoms. The van der Waals surface area contributed by atoms with Gasteiger partial charge in [-0.15, -0.1) is 0 Å². The van der Waals surface area contributed by atoms with Crippen LogP contribution in [0.4, 0.5) is 0 Å². The van der Waals surface area contributed by atoms with E-state index in [1.165, 1.54) is 7.11 Å². The first-order valence-electron chi connectivity index (χ1n) is 3.84. The second-order valence-corrected chi connectivity index (χ2v) is 3.48. The Hall–Kier alpha value is -0.900. The highest BCUT2D eigenvalue weighted by Gasteiger charge is 2.46. The van der Waals surface area contributed by atoms with Crippen LogP contribution in [-0.4, -0.2) is 31.4 Å². The van der Waals surface area contributed by atoms with Crippen LogP contribution in [0.25, 0.3) is 0 Å². The number of nitrogens with one attached hydrogen (secondary N) is 1. The molecule has 68 valence electrons. The largest absolute Gasteiger partial charge is 0.468 e. The van der Waals surface area contributed by atoms with Crippen molar-refractivity contribution in [2.24, 2.45) is 5.41 Å². The molecular formula is C8H13NO3. The molecule has 1 saturated heterocycles. The summed E-state index contributed by atoms with van der Waals surface area (Å²) in [6.45, 7) is 3.75. The summed E-state index contributed by atoms with van der Waals surface area (Å²) >= 11 is 0. The Balaban J connectivity index is 2.81. The Kier molecular flexibility index (Phi) is 2.19. The number of Topliss-reactive ketones (excluding diaryl/α,β-unsaturated/α-hetero) is 1. The van der Waals surface area contributed by atoms with Crippen LogP contribution >= 0.6 is 0 Å². The van der Waals surface area contributed by atoms with Gasteiger partial charge in [0.2, 0.25) is 0 Å². The molecule has 1 aliphatic heterocycles. The highest BCUT2D eigenvalue weighted by Crippen LogP contribution is 2.27. The van der Waals surface area contributed by atoms with Crippen molar-refractivity contribution in [1.82, 2.24) is 5.32 Å². The molecule has 0 amide bonds. The fourth-order valence-electron chi connectivity index (χ4n) is 1.33. The molecule has 4 nitrogen and oxygen atoms in total. The zero-order chi connectivity index (χ0) is 9.35. The van der Waals surface area contributed by atoms with E-state index in [0.29, 0.717) is 0 Å². The monoisotopic (exact) mass is 171 g/mol. The van der Waals surface area contributed by atoms with E-state index in [0.717, 1.165) is 0 Å². The average molecular weight is 171 g/mol. The first-order chi connectivity index (χ1) is 5.50. The molecule has 1 rings (SSSR count). The molecule has 1 N–H and O–H groups in total. The van der Waals surface area contributed by atoms with Gasteiger partial charge in [0.1, 0.15) is 6.04 Å². The number of methoxy groups -OCH3 is 1. The minimum absolute atomic E-state index is 0.0536. The minimum Gasteiger partial charge on any atom is -0.468 e. The molecule has 0 aliphatic carbocycles. The number of ketones is 1. The zero-order valence-corrected chi connectivity index (χ0v) is 7.51. The SMILES string of the molecule is COC(=O)C1NCC(=O)C1(C)C. The van der Waals surface area contributed by atoms with Gasteiger partial charge >= 0.3 is 5.97 Å². The summed E-state index contributed by atoms with van der Waals surface area (Å²) in [5.74, 6) is -0.316. The number of carbonyl (C=O) groups excluding carboxylic acids is 2. The number of esters is 1. The molecular weight excluding hydrogens is 158 g/mol. The quantitative estimate of drug-likeness (QED) is 0.552. The van der Waals surface area contributed by atoms with Crippen molar-refractivity contribution in [3.63, 3.8) is 0 Å². The van der Waals surface area contributed by atoms with Gasteiger partial charge in [0, 0.05) is 0 Å². The van der Waals surface area contributed by atoms with Crippen LogP contribution < -0.4 is 5.32 Å². The number of rotatable bonds is 1. The summed E-state index contributed by atoms with van der Waals surface area (Å²) < 4.78 is 4.56. The smallest absolute Gasteiger partial charge is 0.323 e. The molecule has 1 atom stereocenters. The highest BCUT2D eigenvalue weighted by molar-refractivity contribution is 5.96. The second-order valence-electron chi connectivity index (χ2n) is 3.48. The standard InChI is InChI=1S/C8H13NO3/c1-8(2)5(10)4-9-6(8)7(11)12-3/h6,9H,4H2,1-3H3. The highest BCUT2D eigenvalue weighted by atomic mass is 16.5. The molecule has 4 heteroatoms. The summed E-state index contributed by atoms with van der Waals surface area (Å²) in [5, 5.41) is 2.82. The maximum Gasteiger partial charge on any atom is 0.323 e. The van der Waals surface area contributed by atoms with Gasteiger partial charge < -0.3 is 4.74 Å². The van der Waals surface area contributed by atoms with Crippen LogP contribution in [0, 0.1) is 5.41 Å². The third-order valence-corrected chi connectivity index (χ3v) is 2.34. The van der Waals surface area contributed by atoms with Crippen molar-refractivity contribution >= 4 is 11.8 Å². The molecule has 1 aliphatic rings. The molecule has 0 spiro atoms. The first-order valence-corrected chi connectivity index (χ1v) is 3.84. The summed E-state index contributed by atoms with van der Waals surface area (Å²) in [6, 6.07) is -0.491. The lowest BCUT2D eigenvalue weighted by molar-refractivity contribution is -0.146. The van der Waals surface area contributed by atoms with E-state index in [9.17, 15) is 9.59 Å². The molecule has 1 fully saturated rings. The molecule has 0 aromatic carbocycles. The lowest BCUT2D eigenvalue weighted by atomic mass is 9.84. The van der Waals surface area contributed by atoms with Crippen molar-refractivity contribution < 1.29 is 14.3 Å². The van der Waals surface area contributed by atoms with Crippen molar-refractivity contribution in [2.45, 2.75) is 19.9 Å². The molecule has 0 aromatic heterocycles. The predicted octanol–water partition coefficient (Wildman–Crippen LogP) is -0.274. The second kappa shape index (κ2) is 2.86. The Morgan fingerprint density at radius 1 is 1.67 bits per heavy atom. The Labute approximate surface area is 71.3 Å². The van der Waals surface area contributed by atoms with E-state index in [4.69, 9.17) is 0 Å². The van der Waals surface area contributed by atoms with Crippen molar-refractivity contribution in [3.05, 3.63) is 0 Å². The van der Waals surface area contributed by atoms with Crippen LogP contribution in [0.15, 0.2) is 0 Å². The average Bonchev–Trinajstić information content (AvgIpc) is 2.27. The maximum absolute atomic E-state index is 11.3. The lowest BCUT2D eigenvalue weighted by Gasteiger charge is -2.21. The summed E-state index contributed by atoms with van der Waals surface area (Å²) in [6.07, 6.45) is 0. The first kappa shape index (κ1) is 9.19. The van der Waals surface area contributed by atoms with Gasteiger partial charge in [-0.3, -0.25) is 14.9 Å². The summed E-state index contributed by atoms with van der Waals surface area (Å²) in [5.41, 5.74) is -0.632. The maximum atomic E-state index is 11.3. The number of ether oxygens (including phenoxy) is 1. The van der Waals surface area contributed by atoms with E-state index in [1.807, 2.05) is 0 Å². The lowest BCUT2D eigenvalue weighted by Crippen LogP contribution is -2.42. The molecule has 0 radical (unpaired) electrons. The van der Waals surface area contributed by atoms with Gasteiger partial charge in [-0.1, -0.05) is 13.8 Å². The third kappa shape index (κ3) is 1.22. The Morgan fingerprint density at radius 2 is 2.25 bits per heavy atom. The Bertz CT molecular complexity index is 222. The molecule has 0 aromatic rings. The molecule has 0 saturated carbocycles.